The topological polar surface area (TPSA) is 54.2 Å². The molecule has 0 bridgehead atoms. The van der Waals surface area contributed by atoms with Gasteiger partial charge in [-0.25, -0.2) is 0 Å². The van der Waals surface area contributed by atoms with E-state index < -0.39 is 0 Å². The first-order chi connectivity index (χ1) is 11.3. The highest BCUT2D eigenvalue weighted by molar-refractivity contribution is 5.53. The van der Waals surface area contributed by atoms with Crippen molar-refractivity contribution in [2.24, 2.45) is 0 Å². The molecule has 2 aromatic rings. The van der Waals surface area contributed by atoms with Gasteiger partial charge in [0.2, 0.25) is 11.7 Å². The first-order valence-corrected chi connectivity index (χ1v) is 8.65. The number of rotatable bonds is 6. The summed E-state index contributed by atoms with van der Waals surface area (Å²) in [6.45, 7) is 6.38. The highest BCUT2D eigenvalue weighted by atomic mass is 16.5. The van der Waals surface area contributed by atoms with Crippen molar-refractivity contribution in [3.8, 4) is 11.4 Å². The maximum Gasteiger partial charge on any atom is 0.240 e. The van der Waals surface area contributed by atoms with Crippen molar-refractivity contribution < 1.29 is 4.52 Å². The predicted molar refractivity (Wildman–Crippen MR) is 90.9 cm³/mol. The summed E-state index contributed by atoms with van der Waals surface area (Å²) in [5, 5.41) is 7.55. The van der Waals surface area contributed by atoms with E-state index in [4.69, 9.17) is 4.52 Å². The van der Waals surface area contributed by atoms with E-state index in [-0.39, 0.29) is 0 Å². The van der Waals surface area contributed by atoms with E-state index in [1.807, 2.05) is 30.3 Å². The minimum atomic E-state index is 0.417. The lowest BCUT2D eigenvalue weighted by Crippen LogP contribution is -2.39. The SMILES string of the molecule is CC(CN1CCCCCC1)NCc1nc(-c2ccccc2)no1. The Bertz CT molecular complexity index is 576. The van der Waals surface area contributed by atoms with Crippen LogP contribution in [-0.4, -0.2) is 40.7 Å². The molecule has 0 amide bonds. The third-order valence-electron chi connectivity index (χ3n) is 4.33. The fourth-order valence-electron chi connectivity index (χ4n) is 3.06. The quantitative estimate of drug-likeness (QED) is 0.888. The van der Waals surface area contributed by atoms with Crippen LogP contribution in [-0.2, 0) is 6.54 Å². The van der Waals surface area contributed by atoms with Crippen LogP contribution < -0.4 is 5.32 Å². The standard InChI is InChI=1S/C18H26N4O/c1-15(14-22-11-7-2-3-8-12-22)19-13-17-20-18(21-23-17)16-9-5-4-6-10-16/h4-6,9-10,15,19H,2-3,7-8,11-14H2,1H3. The lowest BCUT2D eigenvalue weighted by molar-refractivity contribution is 0.251. The highest BCUT2D eigenvalue weighted by Crippen LogP contribution is 2.15. The van der Waals surface area contributed by atoms with E-state index >= 15 is 0 Å². The third kappa shape index (κ3) is 4.88. The Kier molecular flexibility index (Phi) is 5.77. The second-order valence-corrected chi connectivity index (χ2v) is 6.37. The number of aromatic nitrogens is 2. The lowest BCUT2D eigenvalue weighted by Gasteiger charge is -2.24. The first kappa shape index (κ1) is 16.1. The van der Waals surface area contributed by atoms with Gasteiger partial charge in [-0.2, -0.15) is 4.98 Å². The minimum absolute atomic E-state index is 0.417. The predicted octanol–water partition coefficient (Wildman–Crippen LogP) is 3.09. The molecule has 1 aliphatic rings. The lowest BCUT2D eigenvalue weighted by atomic mass is 10.2. The Morgan fingerprint density at radius 2 is 1.87 bits per heavy atom. The van der Waals surface area contributed by atoms with Crippen LogP contribution >= 0.6 is 0 Å². The molecule has 0 spiro atoms. The molecule has 3 rings (SSSR count). The zero-order valence-electron chi connectivity index (χ0n) is 13.9. The molecule has 0 saturated carbocycles. The highest BCUT2D eigenvalue weighted by Gasteiger charge is 2.14. The average Bonchev–Trinajstić information content (AvgIpc) is 2.91. The maximum atomic E-state index is 5.34. The summed E-state index contributed by atoms with van der Waals surface area (Å²) < 4.78 is 5.34. The molecule has 1 atom stereocenters. The minimum Gasteiger partial charge on any atom is -0.338 e. The van der Waals surface area contributed by atoms with Gasteiger partial charge in [-0.1, -0.05) is 48.3 Å². The molecular weight excluding hydrogens is 288 g/mol. The summed E-state index contributed by atoms with van der Waals surface area (Å²) in [6, 6.07) is 10.3. The van der Waals surface area contributed by atoms with E-state index in [2.05, 4.69) is 27.3 Å². The van der Waals surface area contributed by atoms with Crippen LogP contribution in [0, 0.1) is 0 Å². The number of benzene rings is 1. The molecule has 1 aliphatic heterocycles. The summed E-state index contributed by atoms with van der Waals surface area (Å²) in [7, 11) is 0. The number of hydrogen-bond acceptors (Lipinski definition) is 5. The molecule has 1 saturated heterocycles. The molecule has 1 aromatic carbocycles. The number of nitrogens with zero attached hydrogens (tertiary/aromatic N) is 3. The molecule has 1 unspecified atom stereocenters. The van der Waals surface area contributed by atoms with Crippen LogP contribution in [0.2, 0.25) is 0 Å². The van der Waals surface area contributed by atoms with Crippen molar-refractivity contribution in [3.05, 3.63) is 36.2 Å². The van der Waals surface area contributed by atoms with Gasteiger partial charge in [0.1, 0.15) is 0 Å². The van der Waals surface area contributed by atoms with Crippen LogP contribution in [0.1, 0.15) is 38.5 Å². The zero-order valence-corrected chi connectivity index (χ0v) is 13.9. The molecule has 0 radical (unpaired) electrons. The van der Waals surface area contributed by atoms with Gasteiger partial charge in [0, 0.05) is 18.2 Å². The van der Waals surface area contributed by atoms with Crippen LogP contribution in [0.3, 0.4) is 0 Å². The van der Waals surface area contributed by atoms with E-state index in [0.717, 1.165) is 12.1 Å². The van der Waals surface area contributed by atoms with Crippen LogP contribution in [0.25, 0.3) is 11.4 Å². The molecule has 23 heavy (non-hydrogen) atoms. The zero-order chi connectivity index (χ0) is 15.9. The molecule has 1 aromatic heterocycles. The van der Waals surface area contributed by atoms with Crippen molar-refractivity contribution in [3.63, 3.8) is 0 Å². The Labute approximate surface area is 138 Å². The van der Waals surface area contributed by atoms with Gasteiger partial charge >= 0.3 is 0 Å². The van der Waals surface area contributed by atoms with Gasteiger partial charge in [-0.05, 0) is 32.9 Å². The molecule has 5 heteroatoms. The molecular formula is C18H26N4O. The van der Waals surface area contributed by atoms with Gasteiger partial charge in [-0.3, -0.25) is 0 Å². The fraction of sp³-hybridized carbons (Fsp3) is 0.556. The normalized spacial score (nSPS) is 17.8. The van der Waals surface area contributed by atoms with E-state index in [1.54, 1.807) is 0 Å². The number of hydrogen-bond donors (Lipinski definition) is 1. The summed E-state index contributed by atoms with van der Waals surface area (Å²) in [6.07, 6.45) is 5.42. The number of likely N-dealkylation sites (tertiary alicyclic amines) is 1. The smallest absolute Gasteiger partial charge is 0.240 e. The van der Waals surface area contributed by atoms with E-state index in [0.29, 0.717) is 24.3 Å². The number of nitrogens with one attached hydrogen (secondary N) is 1. The van der Waals surface area contributed by atoms with Crippen molar-refractivity contribution >= 4 is 0 Å². The molecule has 5 nitrogen and oxygen atoms in total. The Morgan fingerprint density at radius 3 is 2.61 bits per heavy atom. The van der Waals surface area contributed by atoms with Gasteiger partial charge in [-0.15, -0.1) is 0 Å². The Morgan fingerprint density at radius 1 is 1.13 bits per heavy atom. The van der Waals surface area contributed by atoms with Crippen molar-refractivity contribution in [2.45, 2.75) is 45.2 Å². The van der Waals surface area contributed by atoms with Gasteiger partial charge in [0.15, 0.2) is 0 Å². The van der Waals surface area contributed by atoms with Crippen LogP contribution in [0.4, 0.5) is 0 Å². The largest absolute Gasteiger partial charge is 0.338 e. The fourth-order valence-corrected chi connectivity index (χ4v) is 3.06. The summed E-state index contributed by atoms with van der Waals surface area (Å²) in [4.78, 5) is 7.02. The van der Waals surface area contributed by atoms with Crippen molar-refractivity contribution in [2.75, 3.05) is 19.6 Å². The van der Waals surface area contributed by atoms with Gasteiger partial charge in [0.05, 0.1) is 6.54 Å². The van der Waals surface area contributed by atoms with Gasteiger partial charge in [0.25, 0.3) is 0 Å². The van der Waals surface area contributed by atoms with E-state index in [9.17, 15) is 0 Å². The Balaban J connectivity index is 1.47. The van der Waals surface area contributed by atoms with Crippen LogP contribution in [0.5, 0.6) is 0 Å². The summed E-state index contributed by atoms with van der Waals surface area (Å²) in [5.74, 6) is 1.30. The van der Waals surface area contributed by atoms with E-state index in [1.165, 1.54) is 38.8 Å². The third-order valence-corrected chi connectivity index (χ3v) is 4.33. The van der Waals surface area contributed by atoms with Gasteiger partial charge < -0.3 is 14.7 Å². The molecule has 1 fully saturated rings. The maximum absolute atomic E-state index is 5.34. The monoisotopic (exact) mass is 314 g/mol. The first-order valence-electron chi connectivity index (χ1n) is 8.65. The molecule has 1 N–H and O–H groups in total. The Hall–Kier alpha value is -1.72. The van der Waals surface area contributed by atoms with Crippen LogP contribution in [0.15, 0.2) is 34.9 Å². The van der Waals surface area contributed by atoms with Crippen molar-refractivity contribution in [1.82, 2.24) is 20.4 Å². The molecule has 2 heterocycles. The second-order valence-electron chi connectivity index (χ2n) is 6.37. The summed E-state index contributed by atoms with van der Waals surface area (Å²) >= 11 is 0. The average molecular weight is 314 g/mol. The van der Waals surface area contributed by atoms with Crippen molar-refractivity contribution in [1.29, 1.82) is 0 Å². The summed E-state index contributed by atoms with van der Waals surface area (Å²) in [5.41, 5.74) is 0.986. The molecule has 0 aliphatic carbocycles. The second kappa shape index (κ2) is 8.22. The molecule has 124 valence electrons.